The highest BCUT2D eigenvalue weighted by atomic mass is 32.1. The van der Waals surface area contributed by atoms with E-state index in [-0.39, 0.29) is 6.61 Å². The molecule has 0 spiro atoms. The van der Waals surface area contributed by atoms with Gasteiger partial charge < -0.3 is 14.8 Å². The molecule has 2 rings (SSSR count). The van der Waals surface area contributed by atoms with Crippen LogP contribution in [0.5, 0.6) is 5.75 Å². The lowest BCUT2D eigenvalue weighted by Gasteiger charge is -2.07. The largest absolute Gasteiger partial charge is 0.497 e. The summed E-state index contributed by atoms with van der Waals surface area (Å²) in [6.07, 6.45) is 0. The van der Waals surface area contributed by atoms with Gasteiger partial charge in [-0.1, -0.05) is 6.07 Å². The Morgan fingerprint density at radius 2 is 2.00 bits per heavy atom. The highest BCUT2D eigenvalue weighted by Gasteiger charge is 2.15. The Morgan fingerprint density at radius 3 is 2.64 bits per heavy atom. The Bertz CT molecular complexity index is 693. The van der Waals surface area contributed by atoms with E-state index >= 15 is 0 Å². The standard InChI is InChI=1S/C16H17NO4S/c1-10-7-14(11(2)22-10)16(19)21-9-15(18)17-12-5-4-6-13(8-12)20-3/h4-8H,9H2,1-3H3,(H,17,18). The predicted molar refractivity (Wildman–Crippen MR) is 85.7 cm³/mol. The number of esters is 1. The van der Waals surface area contributed by atoms with Crippen LogP contribution in [0, 0.1) is 13.8 Å². The molecule has 0 aliphatic heterocycles. The maximum Gasteiger partial charge on any atom is 0.339 e. The van der Waals surface area contributed by atoms with E-state index in [1.807, 2.05) is 13.8 Å². The molecule has 1 aromatic heterocycles. The molecule has 0 radical (unpaired) electrons. The molecule has 2 aromatic rings. The van der Waals surface area contributed by atoms with Crippen molar-refractivity contribution in [3.8, 4) is 5.75 Å². The SMILES string of the molecule is COc1cccc(NC(=O)COC(=O)c2cc(C)sc2C)c1. The topological polar surface area (TPSA) is 64.6 Å². The number of ether oxygens (including phenoxy) is 2. The van der Waals surface area contributed by atoms with Crippen molar-refractivity contribution < 1.29 is 19.1 Å². The van der Waals surface area contributed by atoms with Gasteiger partial charge in [0.2, 0.25) is 0 Å². The van der Waals surface area contributed by atoms with Crippen molar-refractivity contribution in [3.05, 3.63) is 45.6 Å². The maximum atomic E-state index is 11.9. The molecule has 1 aromatic carbocycles. The van der Waals surface area contributed by atoms with E-state index in [2.05, 4.69) is 5.32 Å². The molecule has 0 aliphatic rings. The van der Waals surface area contributed by atoms with Crippen LogP contribution in [0.15, 0.2) is 30.3 Å². The smallest absolute Gasteiger partial charge is 0.339 e. The van der Waals surface area contributed by atoms with Crippen LogP contribution in [0.4, 0.5) is 5.69 Å². The summed E-state index contributed by atoms with van der Waals surface area (Å²) < 4.78 is 10.1. The van der Waals surface area contributed by atoms with Gasteiger partial charge in [-0.05, 0) is 32.0 Å². The summed E-state index contributed by atoms with van der Waals surface area (Å²) in [7, 11) is 1.55. The molecule has 0 atom stereocenters. The number of anilines is 1. The Kier molecular flexibility index (Phi) is 5.16. The van der Waals surface area contributed by atoms with E-state index in [4.69, 9.17) is 9.47 Å². The third-order valence-electron chi connectivity index (χ3n) is 2.95. The number of hydrogen-bond donors (Lipinski definition) is 1. The van der Waals surface area contributed by atoms with Gasteiger partial charge in [0.05, 0.1) is 12.7 Å². The van der Waals surface area contributed by atoms with Gasteiger partial charge in [0.25, 0.3) is 5.91 Å². The molecule has 1 N–H and O–H groups in total. The molecule has 116 valence electrons. The highest BCUT2D eigenvalue weighted by Crippen LogP contribution is 2.21. The van der Waals surface area contributed by atoms with E-state index in [0.29, 0.717) is 17.0 Å². The maximum absolute atomic E-state index is 11.9. The Balaban J connectivity index is 1.90. The van der Waals surface area contributed by atoms with Crippen molar-refractivity contribution in [2.75, 3.05) is 19.0 Å². The number of amides is 1. The van der Waals surface area contributed by atoms with Crippen LogP contribution in [0.3, 0.4) is 0 Å². The Morgan fingerprint density at radius 1 is 1.23 bits per heavy atom. The van der Waals surface area contributed by atoms with Crippen LogP contribution in [0.25, 0.3) is 0 Å². The molecule has 6 heteroatoms. The molecule has 5 nitrogen and oxygen atoms in total. The third kappa shape index (κ3) is 4.08. The number of aryl methyl sites for hydroxylation is 2. The second-order valence-corrected chi connectivity index (χ2v) is 6.14. The summed E-state index contributed by atoms with van der Waals surface area (Å²) in [4.78, 5) is 25.6. The van der Waals surface area contributed by atoms with Crippen molar-refractivity contribution in [2.24, 2.45) is 0 Å². The van der Waals surface area contributed by atoms with Crippen LogP contribution in [0.2, 0.25) is 0 Å². The summed E-state index contributed by atoms with van der Waals surface area (Å²) in [6.45, 7) is 3.44. The van der Waals surface area contributed by atoms with Crippen LogP contribution in [-0.4, -0.2) is 25.6 Å². The summed E-state index contributed by atoms with van der Waals surface area (Å²) >= 11 is 1.52. The fraction of sp³-hybridized carbons (Fsp3) is 0.250. The van der Waals surface area contributed by atoms with Gasteiger partial charge >= 0.3 is 5.97 Å². The van der Waals surface area contributed by atoms with Gasteiger partial charge in [0.1, 0.15) is 5.75 Å². The average molecular weight is 319 g/mol. The molecule has 0 fully saturated rings. The molecule has 0 unspecified atom stereocenters. The van der Waals surface area contributed by atoms with Gasteiger partial charge in [0.15, 0.2) is 6.61 Å². The summed E-state index contributed by atoms with van der Waals surface area (Å²) in [5.41, 5.74) is 1.10. The number of rotatable bonds is 5. The molecule has 22 heavy (non-hydrogen) atoms. The molecule has 1 amide bonds. The minimum absolute atomic E-state index is 0.329. The van der Waals surface area contributed by atoms with E-state index in [1.165, 1.54) is 11.3 Å². The number of carbonyl (C=O) groups excluding carboxylic acids is 2. The van der Waals surface area contributed by atoms with E-state index < -0.39 is 11.9 Å². The van der Waals surface area contributed by atoms with Gasteiger partial charge in [-0.3, -0.25) is 4.79 Å². The monoisotopic (exact) mass is 319 g/mol. The van der Waals surface area contributed by atoms with Gasteiger partial charge in [0, 0.05) is 21.5 Å². The second kappa shape index (κ2) is 7.09. The Labute approximate surface area is 132 Å². The summed E-state index contributed by atoms with van der Waals surface area (Å²) in [5.74, 6) is -0.243. The third-order valence-corrected chi connectivity index (χ3v) is 3.91. The number of methoxy groups -OCH3 is 1. The predicted octanol–water partition coefficient (Wildman–Crippen LogP) is 3.17. The van der Waals surface area contributed by atoms with Crippen molar-refractivity contribution in [3.63, 3.8) is 0 Å². The molecule has 1 heterocycles. The number of carbonyl (C=O) groups is 2. The average Bonchev–Trinajstić information content (AvgIpc) is 2.83. The Hall–Kier alpha value is -2.34. The van der Waals surface area contributed by atoms with Crippen molar-refractivity contribution >= 4 is 28.9 Å². The van der Waals surface area contributed by atoms with Crippen LogP contribution in [0.1, 0.15) is 20.1 Å². The van der Waals surface area contributed by atoms with Crippen molar-refractivity contribution in [1.29, 1.82) is 0 Å². The first-order chi connectivity index (χ1) is 10.5. The number of benzene rings is 1. The minimum atomic E-state index is -0.484. The number of nitrogens with one attached hydrogen (secondary N) is 1. The zero-order valence-electron chi connectivity index (χ0n) is 12.6. The first kappa shape index (κ1) is 16.0. The van der Waals surface area contributed by atoms with Gasteiger partial charge in [-0.2, -0.15) is 0 Å². The molecule has 0 bridgehead atoms. The normalized spacial score (nSPS) is 10.1. The van der Waals surface area contributed by atoms with Crippen molar-refractivity contribution in [1.82, 2.24) is 0 Å². The van der Waals surface area contributed by atoms with E-state index in [9.17, 15) is 9.59 Å². The minimum Gasteiger partial charge on any atom is -0.497 e. The lowest BCUT2D eigenvalue weighted by atomic mass is 10.2. The summed E-state index contributed by atoms with van der Waals surface area (Å²) in [5, 5.41) is 2.65. The second-order valence-electron chi connectivity index (χ2n) is 4.68. The number of thiophene rings is 1. The lowest BCUT2D eigenvalue weighted by Crippen LogP contribution is -2.21. The van der Waals surface area contributed by atoms with Gasteiger partial charge in [-0.25, -0.2) is 4.79 Å². The van der Waals surface area contributed by atoms with Crippen LogP contribution < -0.4 is 10.1 Å². The molecular formula is C16H17NO4S. The zero-order chi connectivity index (χ0) is 16.1. The first-order valence-electron chi connectivity index (χ1n) is 6.67. The number of hydrogen-bond acceptors (Lipinski definition) is 5. The fourth-order valence-corrected chi connectivity index (χ4v) is 2.85. The molecule has 0 saturated carbocycles. The van der Waals surface area contributed by atoms with Crippen molar-refractivity contribution in [2.45, 2.75) is 13.8 Å². The molecular weight excluding hydrogens is 302 g/mol. The van der Waals surface area contributed by atoms with E-state index in [0.717, 1.165) is 9.75 Å². The van der Waals surface area contributed by atoms with Crippen LogP contribution >= 0.6 is 11.3 Å². The van der Waals surface area contributed by atoms with E-state index in [1.54, 1.807) is 37.4 Å². The van der Waals surface area contributed by atoms with Gasteiger partial charge in [-0.15, -0.1) is 11.3 Å². The quantitative estimate of drug-likeness (QED) is 0.860. The molecule has 0 aliphatic carbocycles. The highest BCUT2D eigenvalue weighted by molar-refractivity contribution is 7.12. The first-order valence-corrected chi connectivity index (χ1v) is 7.49. The summed E-state index contributed by atoms with van der Waals surface area (Å²) in [6, 6.07) is 8.72. The fourth-order valence-electron chi connectivity index (χ4n) is 1.94. The zero-order valence-corrected chi connectivity index (χ0v) is 13.5. The lowest BCUT2D eigenvalue weighted by molar-refractivity contribution is -0.119. The van der Waals surface area contributed by atoms with Crippen LogP contribution in [-0.2, 0) is 9.53 Å². The molecule has 0 saturated heterocycles.